The number of esters is 1. The number of rotatable bonds is 6. The van der Waals surface area contributed by atoms with Crippen molar-refractivity contribution in [1.29, 1.82) is 0 Å². The molecule has 1 aliphatic rings. The molecule has 6 heteroatoms. The van der Waals surface area contributed by atoms with E-state index in [1.54, 1.807) is 11.3 Å². The van der Waals surface area contributed by atoms with Crippen LogP contribution < -0.4 is 5.32 Å². The lowest BCUT2D eigenvalue weighted by Crippen LogP contribution is -2.56. The Morgan fingerprint density at radius 2 is 1.83 bits per heavy atom. The Hall–Kier alpha value is -1.69. The number of amides is 1. The molecule has 1 aliphatic carbocycles. The second kappa shape index (κ2) is 7.92. The Bertz CT molecular complexity index is 629. The van der Waals surface area contributed by atoms with E-state index < -0.39 is 5.54 Å². The van der Waals surface area contributed by atoms with E-state index in [9.17, 15) is 14.4 Å². The van der Waals surface area contributed by atoms with Crippen LogP contribution >= 0.6 is 11.3 Å². The van der Waals surface area contributed by atoms with E-state index in [4.69, 9.17) is 4.74 Å². The zero-order valence-electron chi connectivity index (χ0n) is 14.6. The van der Waals surface area contributed by atoms with Crippen molar-refractivity contribution in [2.75, 3.05) is 7.11 Å². The first kappa shape index (κ1) is 18.6. The molecule has 5 nitrogen and oxygen atoms in total. The first-order valence-corrected chi connectivity index (χ1v) is 9.19. The highest BCUT2D eigenvalue weighted by molar-refractivity contribution is 7.12. The maximum absolute atomic E-state index is 12.3. The first-order chi connectivity index (χ1) is 11.4. The number of thiophene rings is 1. The third-order valence-corrected chi connectivity index (χ3v) is 5.55. The predicted molar refractivity (Wildman–Crippen MR) is 93.3 cm³/mol. The molecule has 0 bridgehead atoms. The summed E-state index contributed by atoms with van der Waals surface area (Å²) in [4.78, 5) is 38.8. The zero-order valence-corrected chi connectivity index (χ0v) is 15.4. The molecular weight excluding hydrogens is 326 g/mol. The summed E-state index contributed by atoms with van der Waals surface area (Å²) in [6.45, 7) is 3.88. The molecule has 0 saturated heterocycles. The van der Waals surface area contributed by atoms with Crippen LogP contribution in [0.5, 0.6) is 0 Å². The average Bonchev–Trinajstić information content (AvgIpc) is 2.91. The van der Waals surface area contributed by atoms with Gasteiger partial charge in [0.25, 0.3) is 0 Å². The average molecular weight is 351 g/mol. The largest absolute Gasteiger partial charge is 0.467 e. The van der Waals surface area contributed by atoms with E-state index in [1.807, 2.05) is 19.9 Å². The first-order valence-electron chi connectivity index (χ1n) is 8.37. The normalized spacial score (nSPS) is 16.5. The minimum atomic E-state index is -0.915. The Morgan fingerprint density at radius 3 is 2.38 bits per heavy atom. The van der Waals surface area contributed by atoms with E-state index in [0.29, 0.717) is 18.4 Å². The van der Waals surface area contributed by atoms with Gasteiger partial charge >= 0.3 is 5.97 Å². The zero-order chi connectivity index (χ0) is 17.7. The third-order valence-electron chi connectivity index (χ3n) is 4.58. The Balaban J connectivity index is 1.95. The fourth-order valence-corrected chi connectivity index (χ4v) is 4.27. The van der Waals surface area contributed by atoms with Gasteiger partial charge in [-0.1, -0.05) is 19.3 Å². The topological polar surface area (TPSA) is 72.5 Å². The lowest BCUT2D eigenvalue weighted by Gasteiger charge is -2.35. The number of hydrogen-bond acceptors (Lipinski definition) is 5. The van der Waals surface area contributed by atoms with Crippen LogP contribution in [-0.2, 0) is 14.3 Å². The molecule has 1 N–H and O–H groups in total. The molecule has 0 unspecified atom stereocenters. The van der Waals surface area contributed by atoms with Gasteiger partial charge in [0.1, 0.15) is 5.54 Å². The second-order valence-corrected chi connectivity index (χ2v) is 7.89. The van der Waals surface area contributed by atoms with Gasteiger partial charge in [0.15, 0.2) is 5.78 Å². The number of carbonyl (C=O) groups excluding carboxylic acids is 3. The molecule has 24 heavy (non-hydrogen) atoms. The Kier molecular flexibility index (Phi) is 6.15. The molecular formula is C18H25NO4S. The van der Waals surface area contributed by atoms with Crippen LogP contribution in [0.25, 0.3) is 0 Å². The van der Waals surface area contributed by atoms with Gasteiger partial charge in [-0.15, -0.1) is 11.3 Å². The van der Waals surface area contributed by atoms with Gasteiger partial charge in [0.05, 0.1) is 7.11 Å². The van der Waals surface area contributed by atoms with Gasteiger partial charge in [0.2, 0.25) is 5.91 Å². The number of ketones is 1. The predicted octanol–water partition coefficient (Wildman–Crippen LogP) is 3.32. The number of carbonyl (C=O) groups is 3. The molecule has 1 aromatic rings. The molecule has 1 heterocycles. The number of hydrogen-bond donors (Lipinski definition) is 1. The summed E-state index contributed by atoms with van der Waals surface area (Å²) in [5.41, 5.74) is -0.215. The highest BCUT2D eigenvalue weighted by Gasteiger charge is 2.41. The van der Waals surface area contributed by atoms with Gasteiger partial charge in [-0.25, -0.2) is 4.79 Å². The molecule has 2 rings (SSSR count). The Morgan fingerprint density at radius 1 is 1.17 bits per heavy atom. The highest BCUT2D eigenvalue weighted by Crippen LogP contribution is 2.29. The summed E-state index contributed by atoms with van der Waals surface area (Å²) in [5, 5.41) is 2.85. The molecule has 132 valence electrons. The van der Waals surface area contributed by atoms with E-state index in [2.05, 4.69) is 5.32 Å². The monoisotopic (exact) mass is 351 g/mol. The van der Waals surface area contributed by atoms with Crippen molar-refractivity contribution in [3.8, 4) is 0 Å². The number of nitrogens with one attached hydrogen (secondary N) is 1. The van der Waals surface area contributed by atoms with Crippen molar-refractivity contribution in [3.63, 3.8) is 0 Å². The summed E-state index contributed by atoms with van der Waals surface area (Å²) in [6, 6.07) is 1.87. The fourth-order valence-electron chi connectivity index (χ4n) is 3.33. The highest BCUT2D eigenvalue weighted by atomic mass is 32.1. The second-order valence-electron chi connectivity index (χ2n) is 6.43. The minimum Gasteiger partial charge on any atom is -0.467 e. The van der Waals surface area contributed by atoms with E-state index in [-0.39, 0.29) is 30.5 Å². The van der Waals surface area contributed by atoms with Crippen molar-refractivity contribution < 1.29 is 19.1 Å². The summed E-state index contributed by atoms with van der Waals surface area (Å²) in [6.07, 6.45) is 4.28. The van der Waals surface area contributed by atoms with Crippen molar-refractivity contribution in [2.24, 2.45) is 0 Å². The van der Waals surface area contributed by atoms with Crippen molar-refractivity contribution in [2.45, 2.75) is 64.3 Å². The van der Waals surface area contributed by atoms with Crippen LogP contribution in [-0.4, -0.2) is 30.3 Å². The fraction of sp³-hybridized carbons (Fsp3) is 0.611. The minimum absolute atomic E-state index is 0.0252. The Labute approximate surface area is 146 Å². The van der Waals surface area contributed by atoms with E-state index in [1.165, 1.54) is 7.11 Å². The number of methoxy groups -OCH3 is 1. The summed E-state index contributed by atoms with van der Waals surface area (Å²) in [5.74, 6) is -0.672. The SMILES string of the molecule is COC(=O)C1(NC(=O)CCC(=O)c2cc(C)sc2C)CCCCC1. The van der Waals surface area contributed by atoms with Gasteiger partial charge in [0, 0.05) is 28.2 Å². The standard InChI is InChI=1S/C18H25NO4S/c1-12-11-14(13(2)24-12)15(20)7-8-16(21)19-18(17(22)23-3)9-5-4-6-10-18/h11H,4-10H2,1-3H3,(H,19,21). The van der Waals surface area contributed by atoms with Crippen LogP contribution in [0.1, 0.15) is 65.1 Å². The van der Waals surface area contributed by atoms with Crippen molar-refractivity contribution in [1.82, 2.24) is 5.32 Å². The van der Waals surface area contributed by atoms with E-state index >= 15 is 0 Å². The summed E-state index contributed by atoms with van der Waals surface area (Å²) >= 11 is 1.58. The quantitative estimate of drug-likeness (QED) is 0.630. The van der Waals surface area contributed by atoms with E-state index in [0.717, 1.165) is 29.0 Å². The van der Waals surface area contributed by atoms with Gasteiger partial charge < -0.3 is 10.1 Å². The molecule has 1 saturated carbocycles. The molecule has 0 aliphatic heterocycles. The van der Waals surface area contributed by atoms with Crippen LogP contribution in [0.3, 0.4) is 0 Å². The van der Waals surface area contributed by atoms with Crippen LogP contribution in [0.2, 0.25) is 0 Å². The van der Waals surface area contributed by atoms with Gasteiger partial charge in [-0.05, 0) is 32.8 Å². The maximum Gasteiger partial charge on any atom is 0.331 e. The van der Waals surface area contributed by atoms with Crippen LogP contribution in [0.4, 0.5) is 0 Å². The van der Waals surface area contributed by atoms with Crippen LogP contribution in [0.15, 0.2) is 6.07 Å². The number of Topliss-reactive ketones (excluding diaryl/α,β-unsaturated/α-hetero) is 1. The molecule has 1 fully saturated rings. The van der Waals surface area contributed by atoms with Crippen LogP contribution in [0, 0.1) is 13.8 Å². The summed E-state index contributed by atoms with van der Waals surface area (Å²) in [7, 11) is 1.34. The van der Waals surface area contributed by atoms with Crippen molar-refractivity contribution >= 4 is 29.0 Å². The molecule has 0 radical (unpaired) electrons. The molecule has 0 atom stereocenters. The molecule has 0 aromatic carbocycles. The number of aryl methyl sites for hydroxylation is 2. The smallest absolute Gasteiger partial charge is 0.331 e. The number of ether oxygens (including phenoxy) is 1. The summed E-state index contributed by atoms with van der Waals surface area (Å²) < 4.78 is 4.89. The van der Waals surface area contributed by atoms with Crippen molar-refractivity contribution in [3.05, 3.63) is 21.4 Å². The maximum atomic E-state index is 12.3. The van der Waals surface area contributed by atoms with Gasteiger partial charge in [-0.2, -0.15) is 0 Å². The molecule has 1 aromatic heterocycles. The lowest BCUT2D eigenvalue weighted by atomic mass is 9.81. The third kappa shape index (κ3) is 4.23. The molecule has 0 spiro atoms. The van der Waals surface area contributed by atoms with Gasteiger partial charge in [-0.3, -0.25) is 9.59 Å². The molecule has 1 amide bonds. The lowest BCUT2D eigenvalue weighted by molar-refractivity contribution is -0.152.